The van der Waals surface area contributed by atoms with Crippen LogP contribution in [-0.4, -0.2) is 5.91 Å². The van der Waals surface area contributed by atoms with Crippen LogP contribution in [0.2, 0.25) is 10.0 Å². The van der Waals surface area contributed by atoms with Crippen molar-refractivity contribution in [2.24, 2.45) is 0 Å². The molecular weight excluding hydrogens is 351 g/mol. The Morgan fingerprint density at radius 2 is 1.95 bits per heavy atom. The zero-order chi connectivity index (χ0) is 14.0. The lowest BCUT2D eigenvalue weighted by Gasteiger charge is -2.10. The van der Waals surface area contributed by atoms with Crippen LogP contribution in [0.4, 0.5) is 11.4 Å². The lowest BCUT2D eigenvalue weighted by atomic mass is 10.2. The number of amides is 1. The predicted molar refractivity (Wildman–Crippen MR) is 83.0 cm³/mol. The number of carbonyl (C=O) groups excluding carboxylic acids is 1. The van der Waals surface area contributed by atoms with E-state index in [4.69, 9.17) is 28.9 Å². The highest BCUT2D eigenvalue weighted by atomic mass is 79.9. The monoisotopic (exact) mass is 358 g/mol. The Labute approximate surface area is 128 Å². The molecule has 0 saturated heterocycles. The summed E-state index contributed by atoms with van der Waals surface area (Å²) in [5, 5.41) is 3.52. The molecule has 0 radical (unpaired) electrons. The molecule has 0 atom stereocenters. The van der Waals surface area contributed by atoms with Crippen molar-refractivity contribution in [2.45, 2.75) is 0 Å². The summed E-state index contributed by atoms with van der Waals surface area (Å²) >= 11 is 15.2. The maximum absolute atomic E-state index is 12.1. The lowest BCUT2D eigenvalue weighted by molar-refractivity contribution is 0.102. The number of nitrogens with two attached hydrogens (primary N) is 1. The Balaban J connectivity index is 2.31. The normalized spacial score (nSPS) is 10.3. The van der Waals surface area contributed by atoms with Crippen LogP contribution in [0, 0.1) is 0 Å². The van der Waals surface area contributed by atoms with Crippen LogP contribution in [0.5, 0.6) is 0 Å². The van der Waals surface area contributed by atoms with Crippen molar-refractivity contribution < 1.29 is 4.79 Å². The number of nitrogen functional groups attached to an aromatic ring is 1. The van der Waals surface area contributed by atoms with Crippen molar-refractivity contribution in [3.8, 4) is 0 Å². The third kappa shape index (κ3) is 3.41. The van der Waals surface area contributed by atoms with Gasteiger partial charge in [-0.05, 0) is 30.3 Å². The van der Waals surface area contributed by atoms with Gasteiger partial charge in [0.15, 0.2) is 0 Å². The molecule has 0 fully saturated rings. The molecule has 2 rings (SSSR count). The molecule has 0 aliphatic carbocycles. The van der Waals surface area contributed by atoms with Crippen LogP contribution < -0.4 is 11.1 Å². The molecule has 98 valence electrons. The molecular formula is C13H9BrCl2N2O. The van der Waals surface area contributed by atoms with E-state index in [1.165, 1.54) is 0 Å². The molecule has 0 heterocycles. The molecule has 0 bridgehead atoms. The fraction of sp³-hybridized carbons (Fsp3) is 0. The maximum Gasteiger partial charge on any atom is 0.255 e. The Kier molecular flexibility index (Phi) is 4.34. The summed E-state index contributed by atoms with van der Waals surface area (Å²) in [6.45, 7) is 0. The first-order chi connectivity index (χ1) is 8.97. The first kappa shape index (κ1) is 14.2. The van der Waals surface area contributed by atoms with Gasteiger partial charge in [0, 0.05) is 15.1 Å². The second-order valence-corrected chi connectivity index (χ2v) is 5.58. The number of para-hydroxylation sites is 1. The Hall–Kier alpha value is -1.23. The van der Waals surface area contributed by atoms with Crippen molar-refractivity contribution in [1.82, 2.24) is 0 Å². The molecule has 19 heavy (non-hydrogen) atoms. The summed E-state index contributed by atoms with van der Waals surface area (Å²) in [5.74, 6) is -0.331. The van der Waals surface area contributed by atoms with Crippen LogP contribution in [0.25, 0.3) is 0 Å². The molecule has 0 aliphatic heterocycles. The molecule has 0 saturated carbocycles. The van der Waals surface area contributed by atoms with Crippen LogP contribution in [0.1, 0.15) is 10.4 Å². The van der Waals surface area contributed by atoms with Crippen molar-refractivity contribution in [1.29, 1.82) is 0 Å². The summed E-state index contributed by atoms with van der Waals surface area (Å²) in [6.07, 6.45) is 0. The molecule has 0 aromatic heterocycles. The first-order valence-electron chi connectivity index (χ1n) is 5.29. The third-order valence-corrected chi connectivity index (χ3v) is 3.40. The van der Waals surface area contributed by atoms with Crippen molar-refractivity contribution in [3.05, 3.63) is 56.5 Å². The van der Waals surface area contributed by atoms with Gasteiger partial charge in [-0.2, -0.15) is 0 Å². The smallest absolute Gasteiger partial charge is 0.255 e. The minimum absolute atomic E-state index is 0.331. The molecule has 0 unspecified atom stereocenters. The van der Waals surface area contributed by atoms with Crippen LogP contribution in [0.15, 0.2) is 40.9 Å². The lowest BCUT2D eigenvalue weighted by Crippen LogP contribution is -2.13. The Morgan fingerprint density at radius 1 is 1.21 bits per heavy atom. The maximum atomic E-state index is 12.1. The molecule has 3 N–H and O–H groups in total. The number of rotatable bonds is 2. The van der Waals surface area contributed by atoms with Gasteiger partial charge in [0.25, 0.3) is 5.91 Å². The molecule has 2 aromatic carbocycles. The minimum atomic E-state index is -0.331. The third-order valence-electron chi connectivity index (χ3n) is 2.41. The number of hydrogen-bond donors (Lipinski definition) is 2. The molecule has 0 aliphatic rings. The Bertz CT molecular complexity index is 606. The highest BCUT2D eigenvalue weighted by molar-refractivity contribution is 9.10. The van der Waals surface area contributed by atoms with E-state index in [1.54, 1.807) is 36.4 Å². The van der Waals surface area contributed by atoms with E-state index < -0.39 is 0 Å². The van der Waals surface area contributed by atoms with Gasteiger partial charge in [-0.3, -0.25) is 4.79 Å². The van der Waals surface area contributed by atoms with E-state index in [2.05, 4.69) is 21.2 Å². The molecule has 1 amide bonds. The molecule has 2 aromatic rings. The molecule has 3 nitrogen and oxygen atoms in total. The Morgan fingerprint density at radius 3 is 2.58 bits per heavy atom. The summed E-state index contributed by atoms with van der Waals surface area (Å²) < 4.78 is 0.720. The number of halogens is 3. The SMILES string of the molecule is Nc1cccc(Cl)c1NC(=O)c1cc(Cl)cc(Br)c1. The van der Waals surface area contributed by atoms with Gasteiger partial charge in [0.2, 0.25) is 0 Å². The van der Waals surface area contributed by atoms with E-state index in [0.717, 1.165) is 4.47 Å². The zero-order valence-electron chi connectivity index (χ0n) is 9.58. The van der Waals surface area contributed by atoms with Crippen LogP contribution in [0.3, 0.4) is 0 Å². The van der Waals surface area contributed by atoms with Gasteiger partial charge in [0.05, 0.1) is 16.4 Å². The first-order valence-corrected chi connectivity index (χ1v) is 6.83. The average molecular weight is 360 g/mol. The summed E-state index contributed by atoms with van der Waals surface area (Å²) in [7, 11) is 0. The largest absolute Gasteiger partial charge is 0.397 e. The van der Waals surface area contributed by atoms with E-state index in [9.17, 15) is 4.79 Å². The van der Waals surface area contributed by atoms with Gasteiger partial charge >= 0.3 is 0 Å². The summed E-state index contributed by atoms with van der Waals surface area (Å²) in [5.41, 5.74) is 6.99. The quantitative estimate of drug-likeness (QED) is 0.770. The fourth-order valence-corrected chi connectivity index (χ4v) is 2.63. The van der Waals surface area contributed by atoms with Crippen molar-refractivity contribution in [3.63, 3.8) is 0 Å². The van der Waals surface area contributed by atoms with Gasteiger partial charge in [-0.15, -0.1) is 0 Å². The zero-order valence-corrected chi connectivity index (χ0v) is 12.7. The summed E-state index contributed by atoms with van der Waals surface area (Å²) in [4.78, 5) is 12.1. The summed E-state index contributed by atoms with van der Waals surface area (Å²) in [6, 6.07) is 9.95. The van der Waals surface area contributed by atoms with Gasteiger partial charge in [-0.1, -0.05) is 45.2 Å². The van der Waals surface area contributed by atoms with Gasteiger partial charge in [0.1, 0.15) is 0 Å². The van der Waals surface area contributed by atoms with Crippen LogP contribution >= 0.6 is 39.1 Å². The highest BCUT2D eigenvalue weighted by Gasteiger charge is 2.12. The molecule has 0 spiro atoms. The standard InChI is InChI=1S/C13H9BrCl2N2O/c14-8-4-7(5-9(15)6-8)13(19)18-12-10(16)2-1-3-11(12)17/h1-6H,17H2,(H,18,19). The van der Waals surface area contributed by atoms with E-state index in [1.807, 2.05) is 0 Å². The van der Waals surface area contributed by atoms with Gasteiger partial charge < -0.3 is 11.1 Å². The fourth-order valence-electron chi connectivity index (χ4n) is 1.54. The average Bonchev–Trinajstić information content (AvgIpc) is 2.32. The number of anilines is 2. The van der Waals surface area contributed by atoms with E-state index in [0.29, 0.717) is 27.0 Å². The second kappa shape index (κ2) is 5.82. The van der Waals surface area contributed by atoms with Crippen LogP contribution in [-0.2, 0) is 0 Å². The number of carbonyl (C=O) groups is 1. The van der Waals surface area contributed by atoms with Gasteiger partial charge in [-0.25, -0.2) is 0 Å². The topological polar surface area (TPSA) is 55.1 Å². The highest BCUT2D eigenvalue weighted by Crippen LogP contribution is 2.29. The number of benzene rings is 2. The van der Waals surface area contributed by atoms with Crippen molar-refractivity contribution in [2.75, 3.05) is 11.1 Å². The second-order valence-electron chi connectivity index (χ2n) is 3.82. The minimum Gasteiger partial charge on any atom is -0.397 e. The van der Waals surface area contributed by atoms with E-state index in [-0.39, 0.29) is 5.91 Å². The molecule has 6 heteroatoms. The predicted octanol–water partition coefficient (Wildman–Crippen LogP) is 4.59. The van der Waals surface area contributed by atoms with E-state index >= 15 is 0 Å². The number of nitrogens with one attached hydrogen (secondary N) is 1. The van der Waals surface area contributed by atoms with Crippen molar-refractivity contribution >= 4 is 56.4 Å². The number of hydrogen-bond acceptors (Lipinski definition) is 2.